The van der Waals surface area contributed by atoms with E-state index in [1.165, 1.54) is 5.56 Å². The lowest BCUT2D eigenvalue weighted by Crippen LogP contribution is -2.03. The first-order valence-corrected chi connectivity index (χ1v) is 7.37. The van der Waals surface area contributed by atoms with Gasteiger partial charge in [0.2, 0.25) is 0 Å². The summed E-state index contributed by atoms with van der Waals surface area (Å²) in [5.41, 5.74) is 2.55. The van der Waals surface area contributed by atoms with Gasteiger partial charge >= 0.3 is 0 Å². The van der Waals surface area contributed by atoms with Crippen molar-refractivity contribution < 1.29 is 4.79 Å². The molecule has 0 spiro atoms. The van der Waals surface area contributed by atoms with Gasteiger partial charge in [-0.15, -0.1) is 0 Å². The van der Waals surface area contributed by atoms with Crippen molar-refractivity contribution in [1.29, 1.82) is 0 Å². The largest absolute Gasteiger partial charge is 0.289 e. The molecule has 0 aliphatic heterocycles. The predicted octanol–water partition coefficient (Wildman–Crippen LogP) is 5.29. The minimum atomic E-state index is 0.0153. The average Bonchev–Trinajstić information content (AvgIpc) is 2.39. The van der Waals surface area contributed by atoms with Gasteiger partial charge in [-0.1, -0.05) is 43.1 Å². The number of ketones is 1. The molecule has 19 heavy (non-hydrogen) atoms. The summed E-state index contributed by atoms with van der Waals surface area (Å²) in [6.07, 6.45) is 2.06. The lowest BCUT2D eigenvalue weighted by molar-refractivity contribution is 0.103. The van der Waals surface area contributed by atoms with Crippen molar-refractivity contribution in [3.8, 4) is 0 Å². The second-order valence-corrected chi connectivity index (χ2v) is 5.69. The van der Waals surface area contributed by atoms with E-state index in [0.29, 0.717) is 16.1 Å². The third-order valence-corrected chi connectivity index (χ3v) is 3.79. The van der Waals surface area contributed by atoms with Crippen LogP contribution in [0.4, 0.5) is 0 Å². The number of carbonyl (C=O) groups is 1. The van der Waals surface area contributed by atoms with Crippen LogP contribution < -0.4 is 0 Å². The normalized spacial score (nSPS) is 10.5. The van der Waals surface area contributed by atoms with E-state index in [4.69, 9.17) is 11.6 Å². The van der Waals surface area contributed by atoms with Gasteiger partial charge < -0.3 is 0 Å². The maximum absolute atomic E-state index is 12.5. The molecule has 3 heteroatoms. The molecule has 0 aromatic heterocycles. The molecule has 98 valence electrons. The van der Waals surface area contributed by atoms with Crippen molar-refractivity contribution in [2.75, 3.05) is 0 Å². The molecule has 0 radical (unpaired) electrons. The summed E-state index contributed by atoms with van der Waals surface area (Å²) in [4.78, 5) is 12.5. The van der Waals surface area contributed by atoms with E-state index >= 15 is 0 Å². The molecule has 2 rings (SSSR count). The van der Waals surface area contributed by atoms with Gasteiger partial charge in [0, 0.05) is 20.6 Å². The Hall–Kier alpha value is -1.12. The summed E-state index contributed by atoms with van der Waals surface area (Å²) in [6.45, 7) is 2.13. The van der Waals surface area contributed by atoms with E-state index in [1.54, 1.807) is 18.2 Å². The van der Waals surface area contributed by atoms with Crippen LogP contribution in [0, 0.1) is 0 Å². The van der Waals surface area contributed by atoms with Crippen molar-refractivity contribution in [3.63, 3.8) is 0 Å². The maximum atomic E-state index is 12.5. The fraction of sp³-hybridized carbons (Fsp3) is 0.188. The van der Waals surface area contributed by atoms with Crippen LogP contribution in [0.25, 0.3) is 0 Å². The molecule has 0 fully saturated rings. The van der Waals surface area contributed by atoms with Gasteiger partial charge in [0.15, 0.2) is 5.78 Å². The van der Waals surface area contributed by atoms with E-state index in [0.717, 1.165) is 17.3 Å². The van der Waals surface area contributed by atoms with Gasteiger partial charge in [0.1, 0.15) is 0 Å². The Morgan fingerprint density at radius 3 is 2.68 bits per heavy atom. The predicted molar refractivity (Wildman–Crippen MR) is 83.0 cm³/mol. The Morgan fingerprint density at radius 1 is 1.21 bits per heavy atom. The molecular formula is C16H14BrClO. The van der Waals surface area contributed by atoms with E-state index in [1.807, 2.05) is 18.2 Å². The molecule has 1 nitrogen and oxygen atoms in total. The topological polar surface area (TPSA) is 17.1 Å². The zero-order valence-corrected chi connectivity index (χ0v) is 13.0. The second-order valence-electron chi connectivity index (χ2n) is 4.40. The summed E-state index contributed by atoms with van der Waals surface area (Å²) in [7, 11) is 0. The highest BCUT2D eigenvalue weighted by atomic mass is 79.9. The van der Waals surface area contributed by atoms with Crippen LogP contribution in [0.2, 0.25) is 5.02 Å². The molecule has 2 aromatic rings. The van der Waals surface area contributed by atoms with Crippen molar-refractivity contribution in [3.05, 3.63) is 68.7 Å². The molecule has 0 unspecified atom stereocenters. The van der Waals surface area contributed by atoms with Crippen LogP contribution in [0.1, 0.15) is 34.8 Å². The van der Waals surface area contributed by atoms with Gasteiger partial charge in [-0.2, -0.15) is 0 Å². The van der Waals surface area contributed by atoms with Crippen LogP contribution in [-0.2, 0) is 6.42 Å². The third kappa shape index (κ3) is 3.46. The smallest absolute Gasteiger partial charge is 0.194 e. The zero-order valence-electron chi connectivity index (χ0n) is 10.6. The highest BCUT2D eigenvalue weighted by molar-refractivity contribution is 9.10. The maximum Gasteiger partial charge on any atom is 0.194 e. The summed E-state index contributed by atoms with van der Waals surface area (Å²) < 4.78 is 0.728. The Labute approximate surface area is 126 Å². The molecule has 0 N–H and O–H groups in total. The van der Waals surface area contributed by atoms with Gasteiger partial charge in [0.05, 0.1) is 0 Å². The zero-order chi connectivity index (χ0) is 13.8. The molecule has 0 bridgehead atoms. The molecule has 0 aliphatic rings. The van der Waals surface area contributed by atoms with E-state index in [2.05, 4.69) is 28.9 Å². The van der Waals surface area contributed by atoms with Crippen molar-refractivity contribution in [1.82, 2.24) is 0 Å². The van der Waals surface area contributed by atoms with Crippen LogP contribution >= 0.6 is 27.5 Å². The van der Waals surface area contributed by atoms with Crippen LogP contribution in [-0.4, -0.2) is 5.78 Å². The molecular weight excluding hydrogens is 324 g/mol. The van der Waals surface area contributed by atoms with E-state index < -0.39 is 0 Å². The number of halogens is 2. The Balaban J connectivity index is 2.35. The van der Waals surface area contributed by atoms with Gasteiger partial charge in [-0.25, -0.2) is 0 Å². The highest BCUT2D eigenvalue weighted by Gasteiger charge is 2.13. The van der Waals surface area contributed by atoms with Gasteiger partial charge in [-0.3, -0.25) is 4.79 Å². The third-order valence-electron chi connectivity index (χ3n) is 2.90. The van der Waals surface area contributed by atoms with Gasteiger partial charge in [0.25, 0.3) is 0 Å². The molecule has 0 heterocycles. The highest BCUT2D eigenvalue weighted by Crippen LogP contribution is 2.24. The standard InChI is InChI=1S/C16H14BrClO/c1-2-4-11-5-3-6-12(9-11)16(19)14-8-7-13(18)10-15(14)17/h3,5-10H,2,4H2,1H3. The fourth-order valence-electron chi connectivity index (χ4n) is 1.99. The first-order chi connectivity index (χ1) is 9.11. The number of rotatable bonds is 4. The Bertz CT molecular complexity index is 607. The minimum Gasteiger partial charge on any atom is -0.289 e. The number of aryl methyl sites for hydroxylation is 1. The summed E-state index contributed by atoms with van der Waals surface area (Å²) in [5.74, 6) is 0.0153. The lowest BCUT2D eigenvalue weighted by atomic mass is 10.00. The number of hydrogen-bond acceptors (Lipinski definition) is 1. The van der Waals surface area contributed by atoms with E-state index in [-0.39, 0.29) is 5.78 Å². The van der Waals surface area contributed by atoms with Crippen molar-refractivity contribution >= 4 is 33.3 Å². The van der Waals surface area contributed by atoms with Crippen LogP contribution in [0.5, 0.6) is 0 Å². The Morgan fingerprint density at radius 2 is 2.00 bits per heavy atom. The van der Waals surface area contributed by atoms with Crippen molar-refractivity contribution in [2.24, 2.45) is 0 Å². The fourth-order valence-corrected chi connectivity index (χ4v) is 2.85. The van der Waals surface area contributed by atoms with Crippen molar-refractivity contribution in [2.45, 2.75) is 19.8 Å². The van der Waals surface area contributed by atoms with Gasteiger partial charge in [-0.05, 0) is 52.2 Å². The Kier molecular flexibility index (Phi) is 4.78. The summed E-state index contributed by atoms with van der Waals surface area (Å²) >= 11 is 9.28. The molecule has 2 aromatic carbocycles. The molecule has 0 atom stereocenters. The number of carbonyl (C=O) groups excluding carboxylic acids is 1. The summed E-state index contributed by atoms with van der Waals surface area (Å²) in [5, 5.41) is 0.614. The monoisotopic (exact) mass is 336 g/mol. The first-order valence-electron chi connectivity index (χ1n) is 6.20. The summed E-state index contributed by atoms with van der Waals surface area (Å²) in [6, 6.07) is 13.0. The number of benzene rings is 2. The quantitative estimate of drug-likeness (QED) is 0.693. The minimum absolute atomic E-state index is 0.0153. The van der Waals surface area contributed by atoms with Crippen LogP contribution in [0.3, 0.4) is 0 Å². The molecule has 0 amide bonds. The molecule has 0 aliphatic carbocycles. The second kappa shape index (κ2) is 6.36. The number of hydrogen-bond donors (Lipinski definition) is 0. The lowest BCUT2D eigenvalue weighted by Gasteiger charge is -2.06. The molecule has 0 saturated heterocycles. The first kappa shape index (κ1) is 14.3. The average molecular weight is 338 g/mol. The van der Waals surface area contributed by atoms with E-state index in [9.17, 15) is 4.79 Å². The SMILES string of the molecule is CCCc1cccc(C(=O)c2ccc(Cl)cc2Br)c1. The van der Waals surface area contributed by atoms with Crippen LogP contribution in [0.15, 0.2) is 46.9 Å². The molecule has 0 saturated carbocycles.